The molecule has 2 atom stereocenters. The van der Waals surface area contributed by atoms with Gasteiger partial charge in [-0.2, -0.15) is 0 Å². The Kier molecular flexibility index (Phi) is 7.25. The van der Waals surface area contributed by atoms with E-state index < -0.39 is 16.5 Å². The van der Waals surface area contributed by atoms with Crippen molar-refractivity contribution in [1.82, 2.24) is 0 Å². The average molecular weight is 446 g/mol. The van der Waals surface area contributed by atoms with Crippen molar-refractivity contribution in [3.63, 3.8) is 0 Å². The zero-order valence-corrected chi connectivity index (χ0v) is 19.2. The fourth-order valence-electron chi connectivity index (χ4n) is 2.90. The number of para-hydroxylation sites is 2. The second kappa shape index (κ2) is 9.88. The summed E-state index contributed by atoms with van der Waals surface area (Å²) in [4.78, 5) is 0. The van der Waals surface area contributed by atoms with E-state index in [4.69, 9.17) is 18.1 Å². The number of rotatable bonds is 8. The van der Waals surface area contributed by atoms with Crippen molar-refractivity contribution < 1.29 is 27.2 Å². The van der Waals surface area contributed by atoms with Gasteiger partial charge in [0.05, 0.1) is 0 Å². The van der Waals surface area contributed by atoms with Crippen LogP contribution in [0.15, 0.2) is 60.7 Å². The normalized spacial score (nSPS) is 12.7. The third-order valence-corrected chi connectivity index (χ3v) is 5.96. The first-order chi connectivity index (χ1) is 14.3. The van der Waals surface area contributed by atoms with Crippen molar-refractivity contribution in [2.75, 3.05) is 0 Å². The van der Waals surface area contributed by atoms with E-state index >= 15 is 0 Å². The molecule has 0 aliphatic rings. The predicted octanol–water partition coefficient (Wildman–Crippen LogP) is 6.62. The van der Waals surface area contributed by atoms with Crippen LogP contribution in [-0.2, 0) is 9.13 Å². The molecule has 0 aliphatic heterocycles. The second-order valence-electron chi connectivity index (χ2n) is 6.82. The van der Waals surface area contributed by atoms with Gasteiger partial charge in [-0.05, 0) is 74.2 Å². The first kappa shape index (κ1) is 22.0. The minimum Gasteiger partial charge on any atom is -0.418 e. The van der Waals surface area contributed by atoms with Crippen molar-refractivity contribution >= 4 is 16.5 Å². The Bertz CT molecular complexity index is 952. The first-order valence-corrected chi connectivity index (χ1v) is 11.8. The quantitative estimate of drug-likeness (QED) is 0.363. The zero-order valence-electron chi connectivity index (χ0n) is 17.2. The van der Waals surface area contributed by atoms with Crippen molar-refractivity contribution in [2.24, 2.45) is 0 Å². The number of hydrogen-bond donors (Lipinski definition) is 0. The fraction of sp³-hybridized carbons (Fsp3) is 0.182. The van der Waals surface area contributed by atoms with Crippen LogP contribution in [0.3, 0.4) is 0 Å². The highest BCUT2D eigenvalue weighted by atomic mass is 31.1. The van der Waals surface area contributed by atoms with E-state index in [-0.39, 0.29) is 0 Å². The average Bonchev–Trinajstić information content (AvgIpc) is 2.69. The molecule has 0 radical (unpaired) electrons. The molecule has 0 N–H and O–H groups in total. The van der Waals surface area contributed by atoms with Gasteiger partial charge in [-0.3, -0.25) is 0 Å². The molecule has 0 aliphatic carbocycles. The van der Waals surface area contributed by atoms with Gasteiger partial charge >= 0.3 is 16.5 Å². The molecule has 0 fully saturated rings. The van der Waals surface area contributed by atoms with Crippen LogP contribution >= 0.6 is 16.5 Å². The van der Waals surface area contributed by atoms with Crippen LogP contribution in [0, 0.1) is 27.7 Å². The molecule has 158 valence electrons. The third-order valence-electron chi connectivity index (χ3n) is 4.41. The summed E-state index contributed by atoms with van der Waals surface area (Å²) in [5.74, 6) is 1.83. The molecule has 3 aromatic rings. The maximum Gasteiger partial charge on any atom is 0.418 e. The molecule has 6 nitrogen and oxygen atoms in total. The Morgan fingerprint density at radius 3 is 1.10 bits per heavy atom. The number of benzene rings is 3. The van der Waals surface area contributed by atoms with Crippen molar-refractivity contribution in [2.45, 2.75) is 27.7 Å². The molecule has 3 aromatic carbocycles. The molecular weight excluding hydrogens is 422 g/mol. The van der Waals surface area contributed by atoms with Crippen LogP contribution in [0.5, 0.6) is 23.0 Å². The molecule has 0 saturated carbocycles. The van der Waals surface area contributed by atoms with Gasteiger partial charge in [-0.25, -0.2) is 9.13 Å². The van der Waals surface area contributed by atoms with E-state index in [2.05, 4.69) is 0 Å². The SMILES string of the molecule is Cc1cccc(C)c1O[PH](=O)Oc1ccc(O[PH](=O)Oc2c(C)cccc2C)cc1. The Morgan fingerprint density at radius 1 is 0.500 bits per heavy atom. The van der Waals surface area contributed by atoms with Crippen LogP contribution in [0.1, 0.15) is 22.3 Å². The van der Waals surface area contributed by atoms with Gasteiger partial charge in [0.25, 0.3) is 0 Å². The van der Waals surface area contributed by atoms with E-state index in [1.165, 1.54) is 0 Å². The highest BCUT2D eigenvalue weighted by Crippen LogP contribution is 2.37. The van der Waals surface area contributed by atoms with E-state index in [9.17, 15) is 9.13 Å². The summed E-state index contributed by atoms with van der Waals surface area (Å²) in [6.45, 7) is 7.53. The Morgan fingerprint density at radius 2 is 0.800 bits per heavy atom. The van der Waals surface area contributed by atoms with Crippen LogP contribution < -0.4 is 18.1 Å². The van der Waals surface area contributed by atoms with Gasteiger partial charge in [-0.15, -0.1) is 0 Å². The lowest BCUT2D eigenvalue weighted by atomic mass is 10.1. The molecule has 2 unspecified atom stereocenters. The topological polar surface area (TPSA) is 71.1 Å². The zero-order chi connectivity index (χ0) is 21.7. The molecule has 3 rings (SSSR count). The van der Waals surface area contributed by atoms with Gasteiger partial charge in [0.15, 0.2) is 0 Å². The van der Waals surface area contributed by atoms with Crippen molar-refractivity contribution in [1.29, 1.82) is 0 Å². The summed E-state index contributed by atoms with van der Waals surface area (Å²) in [5.41, 5.74) is 3.54. The minimum atomic E-state index is -2.79. The monoisotopic (exact) mass is 446 g/mol. The van der Waals surface area contributed by atoms with E-state index in [1.54, 1.807) is 24.3 Å². The Balaban J connectivity index is 1.58. The highest BCUT2D eigenvalue weighted by molar-refractivity contribution is 7.34. The summed E-state index contributed by atoms with van der Waals surface area (Å²) >= 11 is 0. The van der Waals surface area contributed by atoms with Crippen LogP contribution in [-0.4, -0.2) is 0 Å². The third kappa shape index (κ3) is 5.69. The van der Waals surface area contributed by atoms with Crippen LogP contribution in [0.4, 0.5) is 0 Å². The smallest absolute Gasteiger partial charge is 0.418 e. The van der Waals surface area contributed by atoms with E-state index in [0.29, 0.717) is 23.0 Å². The molecule has 30 heavy (non-hydrogen) atoms. The van der Waals surface area contributed by atoms with Crippen molar-refractivity contribution in [3.8, 4) is 23.0 Å². The lowest BCUT2D eigenvalue weighted by Crippen LogP contribution is -1.94. The second-order valence-corrected chi connectivity index (χ2v) is 8.64. The lowest BCUT2D eigenvalue weighted by Gasteiger charge is -2.13. The van der Waals surface area contributed by atoms with Gasteiger partial charge in [-0.1, -0.05) is 36.4 Å². The molecular formula is C22H24O6P2. The summed E-state index contributed by atoms with van der Waals surface area (Å²) in [5, 5.41) is 0. The molecule has 0 saturated heterocycles. The van der Waals surface area contributed by atoms with Gasteiger partial charge in [0.2, 0.25) is 0 Å². The first-order valence-electron chi connectivity index (χ1n) is 9.35. The van der Waals surface area contributed by atoms with Gasteiger partial charge in [0, 0.05) is 0 Å². The summed E-state index contributed by atoms with van der Waals surface area (Å²) in [7, 11) is -5.59. The summed E-state index contributed by atoms with van der Waals surface area (Å²) in [6.07, 6.45) is 0. The van der Waals surface area contributed by atoms with Crippen LogP contribution in [0.25, 0.3) is 0 Å². The molecule has 8 heteroatoms. The molecule has 0 heterocycles. The molecule has 0 spiro atoms. The summed E-state index contributed by atoms with van der Waals surface area (Å²) in [6, 6.07) is 17.6. The lowest BCUT2D eigenvalue weighted by molar-refractivity contribution is 0.408. The maximum atomic E-state index is 12.3. The molecule has 0 bridgehead atoms. The van der Waals surface area contributed by atoms with Crippen molar-refractivity contribution in [3.05, 3.63) is 82.9 Å². The van der Waals surface area contributed by atoms with E-state index in [1.807, 2.05) is 64.1 Å². The fourth-order valence-corrected chi connectivity index (χ4v) is 4.61. The van der Waals surface area contributed by atoms with E-state index in [0.717, 1.165) is 22.3 Å². The standard InChI is InChI=1S/C22H24O6P2/c1-15-7-5-8-16(2)21(15)27-29(23)25-19-11-13-20(14-12-19)26-30(24)28-22-17(3)9-6-10-18(22)4/h5-14,29-30H,1-4H3. The van der Waals surface area contributed by atoms with Crippen LogP contribution in [0.2, 0.25) is 0 Å². The highest BCUT2D eigenvalue weighted by Gasteiger charge is 2.11. The Hall–Kier alpha value is -2.68. The van der Waals surface area contributed by atoms with Gasteiger partial charge in [0.1, 0.15) is 23.0 Å². The summed E-state index contributed by atoms with van der Waals surface area (Å²) < 4.78 is 46.3. The Labute approximate surface area is 177 Å². The van der Waals surface area contributed by atoms with Gasteiger partial charge < -0.3 is 18.1 Å². The minimum absolute atomic E-state index is 0.354. The molecule has 0 aromatic heterocycles. The predicted molar refractivity (Wildman–Crippen MR) is 119 cm³/mol. The largest absolute Gasteiger partial charge is 0.418 e. The number of aryl methyl sites for hydroxylation is 4. The maximum absolute atomic E-state index is 12.3. The molecule has 0 amide bonds. The number of hydrogen-bond acceptors (Lipinski definition) is 6.